The summed E-state index contributed by atoms with van der Waals surface area (Å²) in [5.41, 5.74) is 0.732. The molecule has 180 valence electrons. The van der Waals surface area contributed by atoms with Gasteiger partial charge >= 0.3 is 5.97 Å². The molecule has 0 aliphatic rings. The van der Waals surface area contributed by atoms with Gasteiger partial charge in [-0.25, -0.2) is 4.79 Å². The molecule has 0 saturated carbocycles. The maximum absolute atomic E-state index is 13.2. The summed E-state index contributed by atoms with van der Waals surface area (Å²) in [4.78, 5) is 40.1. The Morgan fingerprint density at radius 2 is 1.50 bits per heavy atom. The highest BCUT2D eigenvalue weighted by Gasteiger charge is 2.27. The highest BCUT2D eigenvalue weighted by atomic mass is 16.5. The molecule has 1 atom stereocenters. The Labute approximate surface area is 192 Å². The van der Waals surface area contributed by atoms with Crippen LogP contribution in [0.5, 0.6) is 5.75 Å². The number of hydrogen-bond acceptors (Lipinski definition) is 5. The van der Waals surface area contributed by atoms with Crippen molar-refractivity contribution >= 4 is 17.8 Å². The number of rotatable bonds is 11. The first-order valence-corrected chi connectivity index (χ1v) is 11.4. The number of esters is 1. The van der Waals surface area contributed by atoms with Crippen molar-refractivity contribution in [2.45, 2.75) is 67.5 Å². The van der Waals surface area contributed by atoms with Gasteiger partial charge in [0, 0.05) is 18.7 Å². The molecule has 0 aromatic heterocycles. The number of carbonyl (C=O) groups excluding carboxylic acids is 3. The largest absolute Gasteiger partial charge is 0.490 e. The smallest absolute Gasteiger partial charge is 0.328 e. The fraction of sp³-hybridized carbons (Fsp3) is 0.640. The minimum atomic E-state index is -0.784. The molecule has 0 radical (unpaired) electrons. The minimum Gasteiger partial charge on any atom is -0.490 e. The summed E-state index contributed by atoms with van der Waals surface area (Å²) >= 11 is 0. The second kappa shape index (κ2) is 12.5. The number of amides is 2. The Balaban J connectivity index is 3.30. The molecule has 2 amide bonds. The molecular weight excluding hydrogens is 408 g/mol. The lowest BCUT2D eigenvalue weighted by Crippen LogP contribution is -2.45. The van der Waals surface area contributed by atoms with Gasteiger partial charge in [-0.3, -0.25) is 9.59 Å². The number of ether oxygens (including phenoxy) is 2. The van der Waals surface area contributed by atoms with Gasteiger partial charge in [-0.1, -0.05) is 41.5 Å². The molecule has 0 spiro atoms. The first-order valence-electron chi connectivity index (χ1n) is 11.4. The van der Waals surface area contributed by atoms with E-state index in [0.717, 1.165) is 0 Å². The Kier molecular flexibility index (Phi) is 10.7. The summed E-state index contributed by atoms with van der Waals surface area (Å²) in [5.74, 6) is -0.231. The van der Waals surface area contributed by atoms with Crippen LogP contribution in [0.2, 0.25) is 0 Å². The zero-order valence-corrected chi connectivity index (χ0v) is 21.0. The van der Waals surface area contributed by atoms with Crippen molar-refractivity contribution in [1.29, 1.82) is 0 Å². The van der Waals surface area contributed by atoms with E-state index in [1.165, 1.54) is 7.11 Å². The van der Waals surface area contributed by atoms with E-state index in [1.807, 2.05) is 32.6 Å². The zero-order valence-electron chi connectivity index (χ0n) is 21.0. The molecule has 0 unspecified atom stereocenters. The molecule has 0 aliphatic heterocycles. The molecule has 1 aromatic rings. The standard InChI is InChI=1S/C25H40N2O5/c1-15(2)13-27(14-16(3)4)24(29)19-10-11-20(21(12-19)32-18(7)8)23(28)26-22(17(5)6)25(30)31-9/h10-12,15-18,22H,13-14H2,1-9H3,(H,26,28)/t22-/m0/s1. The van der Waals surface area contributed by atoms with E-state index in [2.05, 4.69) is 33.0 Å². The molecule has 7 nitrogen and oxygen atoms in total. The Bertz CT molecular complexity index is 777. The first-order chi connectivity index (χ1) is 14.9. The van der Waals surface area contributed by atoms with Gasteiger partial charge in [0.25, 0.3) is 11.8 Å². The third-order valence-electron chi connectivity index (χ3n) is 4.70. The van der Waals surface area contributed by atoms with Gasteiger partial charge in [0.2, 0.25) is 0 Å². The molecule has 1 N–H and O–H groups in total. The van der Waals surface area contributed by atoms with Crippen molar-refractivity contribution in [1.82, 2.24) is 10.2 Å². The van der Waals surface area contributed by atoms with Crippen LogP contribution in [-0.2, 0) is 9.53 Å². The molecule has 1 aromatic carbocycles. The lowest BCUT2D eigenvalue weighted by Gasteiger charge is -2.27. The van der Waals surface area contributed by atoms with Crippen LogP contribution in [0.25, 0.3) is 0 Å². The molecule has 0 heterocycles. The summed E-state index contributed by atoms with van der Waals surface area (Å²) in [6.07, 6.45) is -0.198. The monoisotopic (exact) mass is 448 g/mol. The first kappa shape index (κ1) is 27.5. The summed E-state index contributed by atoms with van der Waals surface area (Å²) in [6, 6.07) is 4.06. The molecular formula is C25H40N2O5. The predicted octanol–water partition coefficient (Wildman–Crippen LogP) is 4.16. The van der Waals surface area contributed by atoms with E-state index in [9.17, 15) is 14.4 Å². The van der Waals surface area contributed by atoms with Crippen LogP contribution in [-0.4, -0.2) is 55.0 Å². The van der Waals surface area contributed by atoms with Gasteiger partial charge in [-0.05, 0) is 49.8 Å². The topological polar surface area (TPSA) is 84.9 Å². The van der Waals surface area contributed by atoms with Crippen molar-refractivity contribution < 1.29 is 23.9 Å². The highest BCUT2D eigenvalue weighted by molar-refractivity contribution is 6.01. The van der Waals surface area contributed by atoms with E-state index >= 15 is 0 Å². The average Bonchev–Trinajstić information content (AvgIpc) is 2.68. The molecule has 32 heavy (non-hydrogen) atoms. The summed E-state index contributed by atoms with van der Waals surface area (Å²) in [7, 11) is 1.29. The van der Waals surface area contributed by atoms with Crippen LogP contribution >= 0.6 is 0 Å². The maximum Gasteiger partial charge on any atom is 0.328 e. The van der Waals surface area contributed by atoms with Crippen molar-refractivity contribution in [3.05, 3.63) is 29.3 Å². The second-order valence-corrected chi connectivity index (χ2v) is 9.59. The highest BCUT2D eigenvalue weighted by Crippen LogP contribution is 2.24. The fourth-order valence-electron chi connectivity index (χ4n) is 3.34. The van der Waals surface area contributed by atoms with Gasteiger partial charge < -0.3 is 19.7 Å². The number of methoxy groups -OCH3 is 1. The van der Waals surface area contributed by atoms with Crippen LogP contribution in [0, 0.1) is 17.8 Å². The van der Waals surface area contributed by atoms with Crippen molar-refractivity contribution in [3.8, 4) is 5.75 Å². The van der Waals surface area contributed by atoms with Crippen molar-refractivity contribution in [3.63, 3.8) is 0 Å². The predicted molar refractivity (Wildman–Crippen MR) is 126 cm³/mol. The molecule has 1 rings (SSSR count). The normalized spacial score (nSPS) is 12.3. The molecule has 0 saturated heterocycles. The minimum absolute atomic E-state index is 0.0948. The Morgan fingerprint density at radius 1 is 0.938 bits per heavy atom. The third-order valence-corrected chi connectivity index (χ3v) is 4.70. The van der Waals surface area contributed by atoms with Crippen LogP contribution in [0.4, 0.5) is 0 Å². The van der Waals surface area contributed by atoms with E-state index in [0.29, 0.717) is 36.2 Å². The van der Waals surface area contributed by atoms with Crippen LogP contribution < -0.4 is 10.1 Å². The van der Waals surface area contributed by atoms with E-state index in [-0.39, 0.29) is 23.5 Å². The fourth-order valence-corrected chi connectivity index (χ4v) is 3.34. The van der Waals surface area contributed by atoms with E-state index in [1.54, 1.807) is 18.2 Å². The Hall–Kier alpha value is -2.57. The van der Waals surface area contributed by atoms with Crippen molar-refractivity contribution in [2.24, 2.45) is 17.8 Å². The van der Waals surface area contributed by atoms with E-state index < -0.39 is 17.9 Å². The second-order valence-electron chi connectivity index (χ2n) is 9.59. The van der Waals surface area contributed by atoms with E-state index in [4.69, 9.17) is 9.47 Å². The maximum atomic E-state index is 13.2. The number of hydrogen-bond donors (Lipinski definition) is 1. The van der Waals surface area contributed by atoms with Gasteiger partial charge in [0.05, 0.1) is 18.8 Å². The number of carbonyl (C=O) groups is 3. The average molecular weight is 449 g/mol. The lowest BCUT2D eigenvalue weighted by atomic mass is 10.0. The van der Waals surface area contributed by atoms with Crippen LogP contribution in [0.3, 0.4) is 0 Å². The summed E-state index contributed by atoms with van der Waals surface area (Å²) < 4.78 is 10.7. The summed E-state index contributed by atoms with van der Waals surface area (Å²) in [6.45, 7) is 17.0. The molecule has 0 aliphatic carbocycles. The quantitative estimate of drug-likeness (QED) is 0.514. The molecule has 0 fully saturated rings. The van der Waals surface area contributed by atoms with Crippen LogP contribution in [0.1, 0.15) is 76.1 Å². The Morgan fingerprint density at radius 3 is 1.94 bits per heavy atom. The number of nitrogens with one attached hydrogen (secondary N) is 1. The third kappa shape index (κ3) is 8.17. The zero-order chi connectivity index (χ0) is 24.6. The van der Waals surface area contributed by atoms with Crippen molar-refractivity contribution in [2.75, 3.05) is 20.2 Å². The molecule has 0 bridgehead atoms. The molecule has 7 heteroatoms. The number of nitrogens with zero attached hydrogens (tertiary/aromatic N) is 1. The van der Waals surface area contributed by atoms with Gasteiger partial charge in [-0.2, -0.15) is 0 Å². The lowest BCUT2D eigenvalue weighted by molar-refractivity contribution is -0.144. The number of benzene rings is 1. The SMILES string of the molecule is COC(=O)[C@@H](NC(=O)c1ccc(C(=O)N(CC(C)C)CC(C)C)cc1OC(C)C)C(C)C. The summed E-state index contributed by atoms with van der Waals surface area (Å²) in [5, 5.41) is 2.73. The van der Waals surface area contributed by atoms with Gasteiger partial charge in [0.1, 0.15) is 11.8 Å². The van der Waals surface area contributed by atoms with Crippen LogP contribution in [0.15, 0.2) is 18.2 Å². The van der Waals surface area contributed by atoms with Gasteiger partial charge in [0.15, 0.2) is 0 Å². The van der Waals surface area contributed by atoms with Gasteiger partial charge in [-0.15, -0.1) is 0 Å².